The van der Waals surface area contributed by atoms with Crippen LogP contribution < -0.4 is 5.73 Å². The zero-order valence-corrected chi connectivity index (χ0v) is 7.23. The second-order valence-corrected chi connectivity index (χ2v) is 2.86. The SMILES string of the molecule is CN(C)C=C1C=CN=C(N)C1O. The van der Waals surface area contributed by atoms with E-state index in [9.17, 15) is 5.11 Å². The van der Waals surface area contributed by atoms with Crippen molar-refractivity contribution in [2.45, 2.75) is 6.10 Å². The van der Waals surface area contributed by atoms with E-state index in [-0.39, 0.29) is 5.84 Å². The lowest BCUT2D eigenvalue weighted by atomic mass is 10.1. The van der Waals surface area contributed by atoms with Crippen molar-refractivity contribution in [3.8, 4) is 0 Å². The minimum atomic E-state index is -0.766. The second-order valence-electron chi connectivity index (χ2n) is 2.86. The van der Waals surface area contributed by atoms with Gasteiger partial charge in [-0.3, -0.25) is 0 Å². The predicted molar refractivity (Wildman–Crippen MR) is 48.5 cm³/mol. The maximum Gasteiger partial charge on any atom is 0.137 e. The first-order valence-electron chi connectivity index (χ1n) is 3.67. The van der Waals surface area contributed by atoms with E-state index in [4.69, 9.17) is 5.73 Å². The highest BCUT2D eigenvalue weighted by Gasteiger charge is 2.15. The van der Waals surface area contributed by atoms with E-state index in [1.54, 1.807) is 12.3 Å². The lowest BCUT2D eigenvalue weighted by molar-refractivity contribution is 0.275. The summed E-state index contributed by atoms with van der Waals surface area (Å²) in [6, 6.07) is 0. The molecule has 1 unspecified atom stereocenters. The van der Waals surface area contributed by atoms with Gasteiger partial charge in [-0.25, -0.2) is 4.99 Å². The number of nitrogens with two attached hydrogens (primary N) is 1. The Morgan fingerprint density at radius 2 is 2.33 bits per heavy atom. The second kappa shape index (κ2) is 3.40. The van der Waals surface area contributed by atoms with Gasteiger partial charge < -0.3 is 15.7 Å². The Kier molecular flexibility index (Phi) is 2.50. The largest absolute Gasteiger partial charge is 0.385 e. The molecule has 12 heavy (non-hydrogen) atoms. The number of aliphatic hydroxyl groups is 1. The fourth-order valence-electron chi connectivity index (χ4n) is 0.954. The monoisotopic (exact) mass is 167 g/mol. The Morgan fingerprint density at radius 1 is 1.67 bits per heavy atom. The van der Waals surface area contributed by atoms with E-state index >= 15 is 0 Å². The van der Waals surface area contributed by atoms with Crippen molar-refractivity contribution in [2.75, 3.05) is 14.1 Å². The third kappa shape index (κ3) is 1.85. The van der Waals surface area contributed by atoms with Gasteiger partial charge in [-0.1, -0.05) is 0 Å². The third-order valence-corrected chi connectivity index (χ3v) is 1.49. The van der Waals surface area contributed by atoms with Crippen LogP contribution >= 0.6 is 0 Å². The van der Waals surface area contributed by atoms with E-state index in [1.165, 1.54) is 0 Å². The van der Waals surface area contributed by atoms with Crippen molar-refractivity contribution in [1.82, 2.24) is 4.90 Å². The Hall–Kier alpha value is -1.29. The van der Waals surface area contributed by atoms with Gasteiger partial charge in [-0.15, -0.1) is 0 Å². The van der Waals surface area contributed by atoms with Gasteiger partial charge in [0.25, 0.3) is 0 Å². The lowest BCUT2D eigenvalue weighted by Crippen LogP contribution is -2.32. The topological polar surface area (TPSA) is 61.8 Å². The molecule has 0 aromatic heterocycles. The summed E-state index contributed by atoms with van der Waals surface area (Å²) in [5, 5.41) is 9.48. The molecular weight excluding hydrogens is 154 g/mol. The molecule has 0 saturated carbocycles. The summed E-state index contributed by atoms with van der Waals surface area (Å²) in [7, 11) is 3.77. The number of aliphatic imine (C=N–C) groups is 1. The third-order valence-electron chi connectivity index (χ3n) is 1.49. The zero-order valence-electron chi connectivity index (χ0n) is 7.23. The van der Waals surface area contributed by atoms with Crippen LogP contribution in [0.5, 0.6) is 0 Å². The average molecular weight is 167 g/mol. The van der Waals surface area contributed by atoms with Crippen molar-refractivity contribution < 1.29 is 5.11 Å². The number of rotatable bonds is 1. The first-order chi connectivity index (χ1) is 5.61. The van der Waals surface area contributed by atoms with Crippen LogP contribution in [0.25, 0.3) is 0 Å². The van der Waals surface area contributed by atoms with Gasteiger partial charge in [-0.2, -0.15) is 0 Å². The van der Waals surface area contributed by atoms with Crippen molar-refractivity contribution >= 4 is 5.84 Å². The summed E-state index contributed by atoms with van der Waals surface area (Å²) < 4.78 is 0. The van der Waals surface area contributed by atoms with Crippen LogP contribution in [-0.2, 0) is 0 Å². The Balaban J connectivity index is 2.83. The van der Waals surface area contributed by atoms with E-state index in [0.29, 0.717) is 0 Å². The molecule has 0 aromatic carbocycles. The molecule has 0 radical (unpaired) electrons. The molecule has 1 aliphatic rings. The zero-order chi connectivity index (χ0) is 9.14. The van der Waals surface area contributed by atoms with Crippen molar-refractivity contribution in [1.29, 1.82) is 0 Å². The first-order valence-corrected chi connectivity index (χ1v) is 3.67. The molecule has 1 rings (SSSR count). The fraction of sp³-hybridized carbons (Fsp3) is 0.375. The molecule has 1 atom stereocenters. The van der Waals surface area contributed by atoms with Crippen LogP contribution in [0.1, 0.15) is 0 Å². The van der Waals surface area contributed by atoms with Gasteiger partial charge in [0.05, 0.1) is 0 Å². The summed E-state index contributed by atoms with van der Waals surface area (Å²) in [5.74, 6) is 0.241. The Bertz CT molecular complexity index is 253. The molecule has 0 spiro atoms. The summed E-state index contributed by atoms with van der Waals surface area (Å²) >= 11 is 0. The smallest absolute Gasteiger partial charge is 0.137 e. The first kappa shape index (κ1) is 8.80. The van der Waals surface area contributed by atoms with Crippen LogP contribution in [0.3, 0.4) is 0 Å². The van der Waals surface area contributed by atoms with Crippen LogP contribution in [0, 0.1) is 0 Å². The summed E-state index contributed by atoms with van der Waals surface area (Å²) in [6.07, 6.45) is 4.36. The number of nitrogens with zero attached hydrogens (tertiary/aromatic N) is 2. The van der Waals surface area contributed by atoms with Crippen LogP contribution in [0.2, 0.25) is 0 Å². The van der Waals surface area contributed by atoms with E-state index in [2.05, 4.69) is 4.99 Å². The molecule has 66 valence electrons. The molecular formula is C8H13N3O. The molecule has 0 aliphatic carbocycles. The minimum Gasteiger partial charge on any atom is -0.385 e. The highest BCUT2D eigenvalue weighted by Crippen LogP contribution is 2.09. The Morgan fingerprint density at radius 3 is 2.92 bits per heavy atom. The summed E-state index contributed by atoms with van der Waals surface area (Å²) in [6.45, 7) is 0. The fourth-order valence-corrected chi connectivity index (χ4v) is 0.954. The standard InChI is InChI=1S/C8H13N3O/c1-11(2)5-6-3-4-10-8(9)7(6)12/h3-5,7,12H,1-2H3,(H2,9,10). The van der Waals surface area contributed by atoms with Crippen LogP contribution in [0.15, 0.2) is 29.0 Å². The normalized spacial score (nSPS) is 25.8. The molecule has 0 saturated heterocycles. The molecule has 0 aromatic rings. The van der Waals surface area contributed by atoms with Gasteiger partial charge in [-0.05, 0) is 6.08 Å². The van der Waals surface area contributed by atoms with Gasteiger partial charge in [0.2, 0.25) is 0 Å². The van der Waals surface area contributed by atoms with E-state index in [0.717, 1.165) is 5.57 Å². The number of hydrogen-bond acceptors (Lipinski definition) is 4. The van der Waals surface area contributed by atoms with E-state index < -0.39 is 6.10 Å². The molecule has 1 heterocycles. The van der Waals surface area contributed by atoms with Gasteiger partial charge in [0.1, 0.15) is 11.9 Å². The minimum absolute atomic E-state index is 0.241. The highest BCUT2D eigenvalue weighted by molar-refractivity contribution is 5.89. The van der Waals surface area contributed by atoms with Crippen LogP contribution in [0.4, 0.5) is 0 Å². The average Bonchev–Trinajstić information content (AvgIpc) is 1.98. The predicted octanol–water partition coefficient (Wildman–Crippen LogP) is -0.323. The number of hydrogen-bond donors (Lipinski definition) is 2. The van der Waals surface area contributed by atoms with Crippen LogP contribution in [-0.4, -0.2) is 36.0 Å². The van der Waals surface area contributed by atoms with Crippen molar-refractivity contribution in [3.63, 3.8) is 0 Å². The van der Waals surface area contributed by atoms with Gasteiger partial charge >= 0.3 is 0 Å². The maximum atomic E-state index is 9.48. The number of aliphatic hydroxyl groups excluding tert-OH is 1. The maximum absolute atomic E-state index is 9.48. The van der Waals surface area contributed by atoms with E-state index in [1.807, 2.05) is 25.2 Å². The van der Waals surface area contributed by atoms with Gasteiger partial charge in [0, 0.05) is 32.1 Å². The highest BCUT2D eigenvalue weighted by atomic mass is 16.3. The van der Waals surface area contributed by atoms with Crippen molar-refractivity contribution in [3.05, 3.63) is 24.0 Å². The quantitative estimate of drug-likeness (QED) is 0.562. The molecule has 0 bridgehead atoms. The van der Waals surface area contributed by atoms with Gasteiger partial charge in [0.15, 0.2) is 0 Å². The molecule has 1 aliphatic heterocycles. The molecule has 0 fully saturated rings. The summed E-state index contributed by atoms with van der Waals surface area (Å²) in [4.78, 5) is 5.62. The molecule has 3 N–H and O–H groups in total. The Labute approximate surface area is 71.7 Å². The lowest BCUT2D eigenvalue weighted by Gasteiger charge is -2.16. The number of amidine groups is 1. The van der Waals surface area contributed by atoms with Crippen molar-refractivity contribution in [2.24, 2.45) is 10.7 Å². The molecule has 4 heteroatoms. The molecule has 4 nitrogen and oxygen atoms in total. The molecule has 0 amide bonds. The summed E-state index contributed by atoms with van der Waals surface area (Å²) in [5.41, 5.74) is 6.19.